The van der Waals surface area contributed by atoms with Crippen LogP contribution in [0.4, 0.5) is 15.9 Å². The zero-order valence-electron chi connectivity index (χ0n) is 24.3. The molecular formula is C33H40FN5O3. The van der Waals surface area contributed by atoms with Crippen molar-refractivity contribution in [2.75, 3.05) is 69.3 Å². The van der Waals surface area contributed by atoms with Gasteiger partial charge in [-0.15, -0.1) is 0 Å². The third-order valence-corrected chi connectivity index (χ3v) is 9.03. The highest BCUT2D eigenvalue weighted by Gasteiger charge is 2.32. The summed E-state index contributed by atoms with van der Waals surface area (Å²) in [6, 6.07) is 18.9. The molecule has 0 aliphatic carbocycles. The van der Waals surface area contributed by atoms with Crippen molar-refractivity contribution < 1.29 is 19.0 Å². The van der Waals surface area contributed by atoms with E-state index in [-0.39, 0.29) is 17.8 Å². The predicted octanol–water partition coefficient (Wildman–Crippen LogP) is 4.28. The van der Waals surface area contributed by atoms with E-state index in [0.29, 0.717) is 62.4 Å². The minimum absolute atomic E-state index is 0.00752. The van der Waals surface area contributed by atoms with Gasteiger partial charge in [-0.05, 0) is 62.1 Å². The first-order valence-corrected chi connectivity index (χ1v) is 15.1. The van der Waals surface area contributed by atoms with E-state index < -0.39 is 0 Å². The molecule has 3 fully saturated rings. The Morgan fingerprint density at radius 2 is 1.50 bits per heavy atom. The zero-order valence-corrected chi connectivity index (χ0v) is 24.3. The lowest BCUT2D eigenvalue weighted by Gasteiger charge is -2.41. The summed E-state index contributed by atoms with van der Waals surface area (Å²) in [5.41, 5.74) is 2.84. The molecule has 1 aromatic heterocycles. The number of aliphatic hydroxyl groups is 1. The number of nitrogens with zero attached hydrogens (tertiary/aromatic N) is 5. The number of methoxy groups -OCH3 is 1. The van der Waals surface area contributed by atoms with Gasteiger partial charge >= 0.3 is 0 Å². The third-order valence-electron chi connectivity index (χ3n) is 9.03. The number of pyridine rings is 1. The molecule has 0 bridgehead atoms. The highest BCUT2D eigenvalue weighted by atomic mass is 19.1. The minimum atomic E-state index is -0.220. The van der Waals surface area contributed by atoms with Crippen molar-refractivity contribution in [3.05, 3.63) is 72.0 Å². The van der Waals surface area contributed by atoms with Crippen LogP contribution in [-0.2, 0) is 0 Å². The van der Waals surface area contributed by atoms with Gasteiger partial charge in [0.05, 0.1) is 30.2 Å². The number of amides is 1. The Balaban J connectivity index is 1.23. The van der Waals surface area contributed by atoms with Crippen LogP contribution in [0, 0.1) is 5.82 Å². The number of carbonyl (C=O) groups excluding carboxylic acids is 1. The van der Waals surface area contributed by atoms with E-state index in [4.69, 9.17) is 9.72 Å². The van der Waals surface area contributed by atoms with Gasteiger partial charge in [0.1, 0.15) is 17.4 Å². The molecule has 0 radical (unpaired) electrons. The molecule has 8 nitrogen and oxygen atoms in total. The fraction of sp³-hybridized carbons (Fsp3) is 0.455. The number of hydrogen-bond acceptors (Lipinski definition) is 7. The van der Waals surface area contributed by atoms with Crippen LogP contribution in [0.1, 0.15) is 36.0 Å². The Morgan fingerprint density at radius 1 is 0.833 bits per heavy atom. The van der Waals surface area contributed by atoms with Crippen LogP contribution in [0.25, 0.3) is 11.3 Å². The van der Waals surface area contributed by atoms with E-state index in [1.165, 1.54) is 6.07 Å². The molecule has 3 aliphatic heterocycles. The maximum absolute atomic E-state index is 14.5. The van der Waals surface area contributed by atoms with Crippen LogP contribution in [-0.4, -0.2) is 97.4 Å². The molecule has 0 saturated carbocycles. The lowest BCUT2D eigenvalue weighted by Crippen LogP contribution is -2.50. The maximum atomic E-state index is 14.5. The first kappa shape index (κ1) is 28.4. The van der Waals surface area contributed by atoms with Crippen molar-refractivity contribution in [3.63, 3.8) is 0 Å². The highest BCUT2D eigenvalue weighted by molar-refractivity contribution is 5.99. The van der Waals surface area contributed by atoms with E-state index >= 15 is 0 Å². The first-order valence-electron chi connectivity index (χ1n) is 15.1. The number of carbonyl (C=O) groups is 1. The Labute approximate surface area is 247 Å². The maximum Gasteiger partial charge on any atom is 0.257 e. The number of likely N-dealkylation sites (tertiary alicyclic amines) is 2. The molecule has 6 rings (SSSR count). The smallest absolute Gasteiger partial charge is 0.257 e. The summed E-state index contributed by atoms with van der Waals surface area (Å²) in [4.78, 5) is 27.8. The Hall–Kier alpha value is -3.69. The highest BCUT2D eigenvalue weighted by Crippen LogP contribution is 2.33. The molecule has 3 aromatic rings. The van der Waals surface area contributed by atoms with Crippen LogP contribution in [0.15, 0.2) is 60.7 Å². The number of hydrogen-bond donors (Lipinski definition) is 1. The minimum Gasteiger partial charge on any atom is -0.496 e. The molecule has 222 valence electrons. The van der Waals surface area contributed by atoms with Crippen molar-refractivity contribution in [2.24, 2.45) is 0 Å². The number of aromatic nitrogens is 1. The van der Waals surface area contributed by atoms with Crippen molar-refractivity contribution in [2.45, 2.75) is 37.8 Å². The molecule has 2 aromatic carbocycles. The van der Waals surface area contributed by atoms with Crippen molar-refractivity contribution in [3.8, 4) is 17.0 Å². The molecule has 0 atom stereocenters. The number of piperidine rings is 2. The monoisotopic (exact) mass is 573 g/mol. The molecule has 9 heteroatoms. The second kappa shape index (κ2) is 12.7. The molecule has 3 aliphatic rings. The number of halogens is 1. The average Bonchev–Trinajstić information content (AvgIpc) is 3.05. The van der Waals surface area contributed by atoms with Gasteiger partial charge in [-0.25, -0.2) is 9.37 Å². The number of rotatable bonds is 6. The van der Waals surface area contributed by atoms with Gasteiger partial charge in [-0.2, -0.15) is 0 Å². The van der Waals surface area contributed by atoms with Gasteiger partial charge in [0, 0.05) is 64.0 Å². The van der Waals surface area contributed by atoms with E-state index in [9.17, 15) is 14.3 Å². The molecule has 1 N–H and O–H groups in total. The fourth-order valence-electron chi connectivity index (χ4n) is 6.59. The summed E-state index contributed by atoms with van der Waals surface area (Å²) in [7, 11) is 1.65. The molecule has 0 unspecified atom stereocenters. The number of para-hydroxylation sites is 2. The Morgan fingerprint density at radius 3 is 2.21 bits per heavy atom. The van der Waals surface area contributed by atoms with Gasteiger partial charge < -0.3 is 29.4 Å². The van der Waals surface area contributed by atoms with Gasteiger partial charge in [0.15, 0.2) is 0 Å². The zero-order chi connectivity index (χ0) is 29.1. The molecule has 3 saturated heterocycles. The van der Waals surface area contributed by atoms with Crippen LogP contribution in [0.3, 0.4) is 0 Å². The summed E-state index contributed by atoms with van der Waals surface area (Å²) in [5, 5.41) is 9.89. The first-order chi connectivity index (χ1) is 20.5. The van der Waals surface area contributed by atoms with Crippen LogP contribution >= 0.6 is 0 Å². The number of aliphatic hydroxyl groups excluding tert-OH is 1. The SMILES string of the molecule is COc1ccccc1-c1ccc(C(=O)N2CCC(N3CCC(O)CC3)CC2)c(N2CCN(c3ccccc3F)CC2)n1. The summed E-state index contributed by atoms with van der Waals surface area (Å²) in [6.45, 7) is 5.78. The van der Waals surface area contributed by atoms with E-state index in [1.54, 1.807) is 13.2 Å². The van der Waals surface area contributed by atoms with Gasteiger partial charge in [-0.3, -0.25) is 4.79 Å². The summed E-state index contributed by atoms with van der Waals surface area (Å²) in [6.07, 6.45) is 3.35. The lowest BCUT2D eigenvalue weighted by molar-refractivity contribution is 0.0357. The average molecular weight is 574 g/mol. The van der Waals surface area contributed by atoms with Gasteiger partial charge in [0.2, 0.25) is 0 Å². The molecule has 0 spiro atoms. The predicted molar refractivity (Wildman–Crippen MR) is 163 cm³/mol. The summed E-state index contributed by atoms with van der Waals surface area (Å²) >= 11 is 0. The normalized spacial score (nSPS) is 19.3. The van der Waals surface area contributed by atoms with Crippen molar-refractivity contribution in [1.29, 1.82) is 0 Å². The standard InChI is InChI=1S/C33H40FN5O3/c1-42-31-9-5-2-6-26(31)29-11-10-27(33(41)39-16-12-24(13-17-39)36-18-14-25(40)15-19-36)32(35-29)38-22-20-37(21-23-38)30-8-4-3-7-28(30)34/h2-11,24-25,40H,12-23H2,1H3. The molecular weight excluding hydrogens is 533 g/mol. The van der Waals surface area contributed by atoms with E-state index in [0.717, 1.165) is 55.8 Å². The van der Waals surface area contributed by atoms with Gasteiger partial charge in [0.25, 0.3) is 5.91 Å². The molecule has 42 heavy (non-hydrogen) atoms. The second-order valence-electron chi connectivity index (χ2n) is 11.5. The topological polar surface area (TPSA) is 72.4 Å². The largest absolute Gasteiger partial charge is 0.496 e. The number of anilines is 2. The van der Waals surface area contributed by atoms with Crippen LogP contribution < -0.4 is 14.5 Å². The quantitative estimate of drug-likeness (QED) is 0.472. The number of piperazine rings is 1. The Kier molecular flexibility index (Phi) is 8.58. The fourth-order valence-corrected chi connectivity index (χ4v) is 6.59. The summed E-state index contributed by atoms with van der Waals surface area (Å²) in [5.74, 6) is 1.19. The summed E-state index contributed by atoms with van der Waals surface area (Å²) < 4.78 is 20.1. The van der Waals surface area contributed by atoms with Gasteiger partial charge in [-0.1, -0.05) is 24.3 Å². The third kappa shape index (κ3) is 5.94. The number of ether oxygens (including phenoxy) is 1. The van der Waals surface area contributed by atoms with E-state index in [1.807, 2.05) is 53.4 Å². The van der Waals surface area contributed by atoms with Crippen molar-refractivity contribution >= 4 is 17.4 Å². The van der Waals surface area contributed by atoms with E-state index in [2.05, 4.69) is 14.7 Å². The number of benzene rings is 2. The van der Waals surface area contributed by atoms with Crippen molar-refractivity contribution in [1.82, 2.24) is 14.8 Å². The molecule has 1 amide bonds. The Bertz CT molecular complexity index is 1380. The second-order valence-corrected chi connectivity index (χ2v) is 11.5. The lowest BCUT2D eigenvalue weighted by atomic mass is 9.98. The van der Waals surface area contributed by atoms with Crippen LogP contribution in [0.5, 0.6) is 5.75 Å². The van der Waals surface area contributed by atoms with Crippen LogP contribution in [0.2, 0.25) is 0 Å². The molecule has 4 heterocycles.